The van der Waals surface area contributed by atoms with Crippen LogP contribution >= 0.6 is 23.2 Å². The number of hydrogen-bond acceptors (Lipinski definition) is 5. The summed E-state index contributed by atoms with van der Waals surface area (Å²) in [4.78, 5) is 29.2. The van der Waals surface area contributed by atoms with Gasteiger partial charge in [-0.15, -0.1) is 0 Å². The number of hydrogen-bond donors (Lipinski definition) is 1. The number of esters is 1. The Morgan fingerprint density at radius 1 is 1.07 bits per heavy atom. The Kier molecular flexibility index (Phi) is 5.61. The average molecular weight is 443 g/mol. The van der Waals surface area contributed by atoms with E-state index in [-0.39, 0.29) is 10.8 Å². The molecule has 0 atom stereocenters. The molecule has 152 valence electrons. The van der Waals surface area contributed by atoms with Crippen LogP contribution in [0.25, 0.3) is 0 Å². The maximum Gasteiger partial charge on any atom is 0.318 e. The number of benzene rings is 2. The molecule has 0 radical (unpaired) electrons. The number of fused-ring (bicyclic) bond motifs is 2. The van der Waals surface area contributed by atoms with Gasteiger partial charge in [-0.3, -0.25) is 9.59 Å². The predicted octanol–water partition coefficient (Wildman–Crippen LogP) is 5.12. The van der Waals surface area contributed by atoms with Gasteiger partial charge in [0.2, 0.25) is 0 Å². The lowest BCUT2D eigenvalue weighted by Crippen LogP contribution is -2.26. The highest BCUT2D eigenvalue weighted by atomic mass is 35.5. The van der Waals surface area contributed by atoms with Crippen molar-refractivity contribution < 1.29 is 19.1 Å². The van der Waals surface area contributed by atoms with E-state index in [1.54, 1.807) is 31.2 Å². The minimum atomic E-state index is -0.696. The van der Waals surface area contributed by atoms with Gasteiger partial charge in [0.1, 0.15) is 17.4 Å². The number of amides is 1. The standard InChI is InChI=1S/C22H16Cl2N2O4/c1-12-15(23)10-25-21(20(12)24)26-18(27)11-29-22(28)19-13-6-2-4-8-16(13)30-17-9-5-3-7-14(17)19/h2-10,19H,11H2,1H3,(H,25,26,27). The molecular formula is C22H16Cl2N2O4. The van der Waals surface area contributed by atoms with Gasteiger partial charge in [0.05, 0.1) is 10.0 Å². The number of nitrogens with zero attached hydrogens (tertiary/aromatic N) is 1. The molecule has 1 aromatic heterocycles. The predicted molar refractivity (Wildman–Crippen MR) is 113 cm³/mol. The second kappa shape index (κ2) is 8.34. The van der Waals surface area contributed by atoms with Gasteiger partial charge in [-0.2, -0.15) is 0 Å². The normalized spacial score (nSPS) is 12.4. The van der Waals surface area contributed by atoms with E-state index in [1.807, 2.05) is 24.3 Å². The molecule has 3 aromatic rings. The number of pyridine rings is 1. The summed E-state index contributed by atoms with van der Waals surface area (Å²) in [7, 11) is 0. The highest BCUT2D eigenvalue weighted by molar-refractivity contribution is 6.37. The van der Waals surface area contributed by atoms with Crippen LogP contribution in [0.5, 0.6) is 11.5 Å². The second-order valence-electron chi connectivity index (χ2n) is 6.66. The molecule has 1 aliphatic rings. The number of para-hydroxylation sites is 2. The Morgan fingerprint density at radius 3 is 2.30 bits per heavy atom. The van der Waals surface area contributed by atoms with Crippen molar-refractivity contribution in [3.05, 3.63) is 81.5 Å². The molecule has 0 aliphatic carbocycles. The number of rotatable bonds is 4. The summed E-state index contributed by atoms with van der Waals surface area (Å²) in [5.74, 6) is -0.502. The molecule has 1 amide bonds. The maximum atomic E-state index is 12.9. The molecule has 0 unspecified atom stereocenters. The van der Waals surface area contributed by atoms with E-state index in [0.29, 0.717) is 33.2 Å². The Bertz CT molecular complexity index is 1100. The van der Waals surface area contributed by atoms with Crippen molar-refractivity contribution in [1.29, 1.82) is 0 Å². The smallest absolute Gasteiger partial charge is 0.318 e. The molecule has 6 nitrogen and oxygen atoms in total. The van der Waals surface area contributed by atoms with Crippen LogP contribution in [0, 0.1) is 6.92 Å². The third kappa shape index (κ3) is 3.84. The van der Waals surface area contributed by atoms with Gasteiger partial charge in [-0.1, -0.05) is 59.6 Å². The topological polar surface area (TPSA) is 77.5 Å². The molecule has 0 saturated heterocycles. The highest BCUT2D eigenvalue weighted by Gasteiger charge is 2.33. The molecule has 0 saturated carbocycles. The second-order valence-corrected chi connectivity index (χ2v) is 7.45. The lowest BCUT2D eigenvalue weighted by molar-refractivity contribution is -0.148. The van der Waals surface area contributed by atoms with Crippen molar-refractivity contribution in [2.75, 3.05) is 11.9 Å². The quantitative estimate of drug-likeness (QED) is 0.567. The van der Waals surface area contributed by atoms with Crippen LogP contribution in [0.15, 0.2) is 54.7 Å². The van der Waals surface area contributed by atoms with Crippen molar-refractivity contribution in [2.24, 2.45) is 0 Å². The van der Waals surface area contributed by atoms with Gasteiger partial charge >= 0.3 is 5.97 Å². The van der Waals surface area contributed by atoms with Crippen LogP contribution in [0.1, 0.15) is 22.6 Å². The SMILES string of the molecule is Cc1c(Cl)cnc(NC(=O)COC(=O)C2c3ccccc3Oc3ccccc32)c1Cl. The first-order valence-corrected chi connectivity index (χ1v) is 9.84. The lowest BCUT2D eigenvalue weighted by atomic mass is 9.88. The molecule has 0 fully saturated rings. The van der Waals surface area contributed by atoms with Gasteiger partial charge in [0.25, 0.3) is 5.91 Å². The van der Waals surface area contributed by atoms with Crippen LogP contribution in [0.3, 0.4) is 0 Å². The van der Waals surface area contributed by atoms with Gasteiger partial charge in [0.15, 0.2) is 12.4 Å². The maximum absolute atomic E-state index is 12.9. The fraction of sp³-hybridized carbons (Fsp3) is 0.136. The van der Waals surface area contributed by atoms with Crippen molar-refractivity contribution in [1.82, 2.24) is 4.98 Å². The van der Waals surface area contributed by atoms with E-state index >= 15 is 0 Å². The third-order valence-corrected chi connectivity index (χ3v) is 5.56. The Labute approximate surface area is 182 Å². The summed E-state index contributed by atoms with van der Waals surface area (Å²) >= 11 is 12.1. The third-order valence-electron chi connectivity index (χ3n) is 4.72. The minimum absolute atomic E-state index is 0.154. The van der Waals surface area contributed by atoms with Gasteiger partial charge in [-0.05, 0) is 24.6 Å². The number of anilines is 1. The molecule has 2 aromatic carbocycles. The summed E-state index contributed by atoms with van der Waals surface area (Å²) in [5, 5.41) is 3.15. The number of nitrogens with one attached hydrogen (secondary N) is 1. The largest absolute Gasteiger partial charge is 0.457 e. The van der Waals surface area contributed by atoms with Crippen LogP contribution in [0.2, 0.25) is 10.0 Å². The van der Waals surface area contributed by atoms with Gasteiger partial charge < -0.3 is 14.8 Å². The molecule has 8 heteroatoms. The summed E-state index contributed by atoms with van der Waals surface area (Å²) < 4.78 is 11.2. The van der Waals surface area contributed by atoms with Crippen LogP contribution < -0.4 is 10.1 Å². The first-order chi connectivity index (χ1) is 14.5. The van der Waals surface area contributed by atoms with Crippen molar-refractivity contribution >= 4 is 40.9 Å². The van der Waals surface area contributed by atoms with Gasteiger partial charge in [-0.25, -0.2) is 4.98 Å². The van der Waals surface area contributed by atoms with Crippen LogP contribution in [-0.2, 0) is 14.3 Å². The van der Waals surface area contributed by atoms with E-state index < -0.39 is 24.4 Å². The van der Waals surface area contributed by atoms with Crippen molar-refractivity contribution in [3.63, 3.8) is 0 Å². The summed E-state index contributed by atoms with van der Waals surface area (Å²) in [5.41, 5.74) is 1.95. The van der Waals surface area contributed by atoms with Gasteiger partial charge in [0, 0.05) is 17.3 Å². The number of ether oxygens (including phenoxy) is 2. The van der Waals surface area contributed by atoms with Crippen molar-refractivity contribution in [3.8, 4) is 11.5 Å². The zero-order chi connectivity index (χ0) is 21.3. The molecule has 2 heterocycles. The highest BCUT2D eigenvalue weighted by Crippen LogP contribution is 2.44. The molecular weight excluding hydrogens is 427 g/mol. The average Bonchev–Trinajstić information content (AvgIpc) is 2.76. The fourth-order valence-electron chi connectivity index (χ4n) is 3.20. The molecule has 0 bridgehead atoms. The minimum Gasteiger partial charge on any atom is -0.457 e. The Morgan fingerprint density at radius 2 is 1.67 bits per heavy atom. The van der Waals surface area contributed by atoms with E-state index in [2.05, 4.69) is 10.3 Å². The summed E-state index contributed by atoms with van der Waals surface area (Å²) in [6, 6.07) is 14.5. The van der Waals surface area contributed by atoms with E-state index in [1.165, 1.54) is 6.20 Å². The number of halogens is 2. The molecule has 4 rings (SSSR count). The molecule has 1 aliphatic heterocycles. The molecule has 1 N–H and O–H groups in total. The Hall–Kier alpha value is -3.09. The van der Waals surface area contributed by atoms with E-state index in [4.69, 9.17) is 32.7 Å². The molecule has 30 heavy (non-hydrogen) atoms. The van der Waals surface area contributed by atoms with Crippen molar-refractivity contribution in [2.45, 2.75) is 12.8 Å². The summed E-state index contributed by atoms with van der Waals surface area (Å²) in [6.07, 6.45) is 1.39. The van der Waals surface area contributed by atoms with Crippen LogP contribution in [0.4, 0.5) is 5.82 Å². The van der Waals surface area contributed by atoms with E-state index in [9.17, 15) is 9.59 Å². The first kappa shape index (κ1) is 20.2. The molecule has 0 spiro atoms. The number of carbonyl (C=O) groups is 2. The summed E-state index contributed by atoms with van der Waals surface area (Å²) in [6.45, 7) is 1.22. The zero-order valence-electron chi connectivity index (χ0n) is 15.8. The zero-order valence-corrected chi connectivity index (χ0v) is 17.3. The Balaban J connectivity index is 1.50. The first-order valence-electron chi connectivity index (χ1n) is 9.08. The monoisotopic (exact) mass is 442 g/mol. The van der Waals surface area contributed by atoms with E-state index in [0.717, 1.165) is 0 Å². The number of carbonyl (C=O) groups excluding carboxylic acids is 2. The number of aromatic nitrogens is 1. The fourth-order valence-corrected chi connectivity index (χ4v) is 3.59. The lowest BCUT2D eigenvalue weighted by Gasteiger charge is -2.26. The van der Waals surface area contributed by atoms with Crippen LogP contribution in [-0.4, -0.2) is 23.5 Å².